The number of amides is 1. The molecule has 6 heteroatoms. The van der Waals surface area contributed by atoms with E-state index in [9.17, 15) is 4.79 Å². The molecule has 0 aromatic carbocycles. The molecule has 1 amide bonds. The zero-order chi connectivity index (χ0) is 13.1. The first-order valence-corrected chi connectivity index (χ1v) is 7.07. The molecule has 18 heavy (non-hydrogen) atoms. The zero-order valence-electron chi connectivity index (χ0n) is 10.8. The fourth-order valence-electron chi connectivity index (χ4n) is 2.14. The number of hydrogen-bond donors (Lipinski definition) is 1. The molecular weight excluding hydrogens is 250 g/mol. The highest BCUT2D eigenvalue weighted by Crippen LogP contribution is 2.23. The molecule has 0 aliphatic carbocycles. The summed E-state index contributed by atoms with van der Waals surface area (Å²) in [6.07, 6.45) is 0. The predicted molar refractivity (Wildman–Crippen MR) is 71.7 cm³/mol. The van der Waals surface area contributed by atoms with Crippen LogP contribution in [-0.4, -0.2) is 47.1 Å². The molecule has 5 nitrogen and oxygen atoms in total. The highest BCUT2D eigenvalue weighted by molar-refractivity contribution is 7.14. The zero-order valence-corrected chi connectivity index (χ0v) is 11.6. The summed E-state index contributed by atoms with van der Waals surface area (Å²) < 4.78 is 0. The van der Waals surface area contributed by atoms with Gasteiger partial charge in [0.05, 0.1) is 5.69 Å². The van der Waals surface area contributed by atoms with Crippen LogP contribution in [0.4, 0.5) is 5.13 Å². The van der Waals surface area contributed by atoms with Crippen LogP contribution in [0.15, 0.2) is 5.38 Å². The third-order valence-electron chi connectivity index (χ3n) is 3.14. The second kappa shape index (κ2) is 5.77. The molecule has 0 atom stereocenters. The smallest absolute Gasteiger partial charge is 0.225 e. The summed E-state index contributed by atoms with van der Waals surface area (Å²) in [7, 11) is 0. The van der Waals surface area contributed by atoms with Gasteiger partial charge >= 0.3 is 0 Å². The molecule has 0 spiro atoms. The second-order valence-electron chi connectivity index (χ2n) is 4.63. The van der Waals surface area contributed by atoms with Gasteiger partial charge in [0.25, 0.3) is 0 Å². The fourth-order valence-corrected chi connectivity index (χ4v) is 3.06. The molecule has 1 fully saturated rings. The molecule has 2 rings (SSSR count). The van der Waals surface area contributed by atoms with Crippen molar-refractivity contribution in [3.05, 3.63) is 11.1 Å². The molecule has 1 aromatic rings. The van der Waals surface area contributed by atoms with Crippen molar-refractivity contribution in [3.63, 3.8) is 0 Å². The molecule has 1 saturated heterocycles. The summed E-state index contributed by atoms with van der Waals surface area (Å²) in [5.41, 5.74) is 1.01. The molecule has 0 bridgehead atoms. The molecule has 100 valence electrons. The van der Waals surface area contributed by atoms with Crippen molar-refractivity contribution in [2.45, 2.75) is 20.4 Å². The van der Waals surface area contributed by atoms with Gasteiger partial charge in [0.2, 0.25) is 5.91 Å². The van der Waals surface area contributed by atoms with Crippen LogP contribution in [0.1, 0.15) is 19.5 Å². The lowest BCUT2D eigenvalue weighted by molar-refractivity contribution is -0.116. The third-order valence-corrected chi connectivity index (χ3v) is 4.06. The van der Waals surface area contributed by atoms with Crippen molar-refractivity contribution in [1.29, 1.82) is 0 Å². The van der Waals surface area contributed by atoms with Crippen molar-refractivity contribution in [3.8, 4) is 0 Å². The first-order valence-electron chi connectivity index (χ1n) is 6.19. The van der Waals surface area contributed by atoms with Gasteiger partial charge in [-0.2, -0.15) is 0 Å². The van der Waals surface area contributed by atoms with Gasteiger partial charge in [0, 0.05) is 51.0 Å². The van der Waals surface area contributed by atoms with Gasteiger partial charge in [0.15, 0.2) is 5.13 Å². The van der Waals surface area contributed by atoms with Crippen LogP contribution in [0.5, 0.6) is 0 Å². The monoisotopic (exact) mass is 269 g/mol. The number of aliphatic hydroxyl groups is 1. The van der Waals surface area contributed by atoms with E-state index >= 15 is 0 Å². The van der Waals surface area contributed by atoms with Crippen molar-refractivity contribution in [2.75, 3.05) is 31.1 Å². The summed E-state index contributed by atoms with van der Waals surface area (Å²) in [5.74, 6) is 0.454. The molecule has 0 radical (unpaired) electrons. The maximum absolute atomic E-state index is 11.4. The van der Waals surface area contributed by atoms with Crippen LogP contribution < -0.4 is 4.90 Å². The fraction of sp³-hybridized carbons (Fsp3) is 0.667. The average molecular weight is 269 g/mol. The largest absolute Gasteiger partial charge is 0.396 e. The predicted octanol–water partition coefficient (Wildman–Crippen LogP) is 0.940. The third kappa shape index (κ3) is 2.88. The molecular formula is C12H19N3O2S. The quantitative estimate of drug-likeness (QED) is 0.864. The van der Waals surface area contributed by atoms with Gasteiger partial charge in [-0.15, -0.1) is 11.3 Å². The highest BCUT2D eigenvalue weighted by Gasteiger charge is 2.26. The normalized spacial score (nSPS) is 16.6. The minimum Gasteiger partial charge on any atom is -0.396 e. The van der Waals surface area contributed by atoms with Gasteiger partial charge in [0.1, 0.15) is 0 Å². The van der Waals surface area contributed by atoms with Gasteiger partial charge in [-0.05, 0) is 6.92 Å². The van der Waals surface area contributed by atoms with Crippen molar-refractivity contribution < 1.29 is 9.90 Å². The Balaban J connectivity index is 1.92. The van der Waals surface area contributed by atoms with E-state index in [-0.39, 0.29) is 12.5 Å². The lowest BCUT2D eigenvalue weighted by Crippen LogP contribution is -2.47. The van der Waals surface area contributed by atoms with Crippen LogP contribution in [0.25, 0.3) is 0 Å². The van der Waals surface area contributed by atoms with E-state index in [2.05, 4.69) is 9.88 Å². The van der Waals surface area contributed by atoms with Crippen LogP contribution in [0, 0.1) is 5.92 Å². The Bertz CT molecular complexity index is 415. The van der Waals surface area contributed by atoms with Crippen LogP contribution in [0.2, 0.25) is 0 Å². The van der Waals surface area contributed by atoms with Gasteiger partial charge in [-0.25, -0.2) is 4.98 Å². The second-order valence-corrected chi connectivity index (χ2v) is 5.46. The lowest BCUT2D eigenvalue weighted by Gasteiger charge is -2.37. The number of anilines is 1. The highest BCUT2D eigenvalue weighted by atomic mass is 32.1. The molecule has 1 aliphatic heterocycles. The maximum atomic E-state index is 11.4. The number of aromatic nitrogens is 1. The summed E-state index contributed by atoms with van der Waals surface area (Å²) in [4.78, 5) is 19.8. The van der Waals surface area contributed by atoms with E-state index in [1.807, 2.05) is 12.3 Å². The van der Waals surface area contributed by atoms with Gasteiger partial charge in [-0.1, -0.05) is 0 Å². The van der Waals surface area contributed by atoms with E-state index < -0.39 is 0 Å². The molecule has 0 unspecified atom stereocenters. The van der Waals surface area contributed by atoms with Crippen molar-refractivity contribution in [2.24, 2.45) is 5.92 Å². The molecule has 0 saturated carbocycles. The first kappa shape index (κ1) is 13.5. The van der Waals surface area contributed by atoms with Crippen LogP contribution >= 0.6 is 11.3 Å². The van der Waals surface area contributed by atoms with Crippen molar-refractivity contribution in [1.82, 2.24) is 9.88 Å². The summed E-state index contributed by atoms with van der Waals surface area (Å²) >= 11 is 1.51. The Morgan fingerprint density at radius 1 is 1.67 bits per heavy atom. The Morgan fingerprint density at radius 3 is 2.94 bits per heavy atom. The first-order chi connectivity index (χ1) is 8.63. The number of carbonyl (C=O) groups is 1. The van der Waals surface area contributed by atoms with Crippen molar-refractivity contribution >= 4 is 22.4 Å². The Hall–Kier alpha value is -0.980. The number of rotatable bonds is 5. The average Bonchev–Trinajstić information content (AvgIpc) is 2.71. The molecule has 1 aliphatic rings. The summed E-state index contributed by atoms with van der Waals surface area (Å²) in [6, 6.07) is 0. The maximum Gasteiger partial charge on any atom is 0.225 e. The van der Waals surface area contributed by atoms with E-state index in [1.54, 1.807) is 11.8 Å². The summed E-state index contributed by atoms with van der Waals surface area (Å²) in [6.45, 7) is 7.12. The summed E-state index contributed by atoms with van der Waals surface area (Å²) in [5, 5.41) is 11.7. The van der Waals surface area contributed by atoms with E-state index in [0.717, 1.165) is 30.5 Å². The van der Waals surface area contributed by atoms with E-state index in [4.69, 9.17) is 5.11 Å². The van der Waals surface area contributed by atoms with Gasteiger partial charge in [-0.3, -0.25) is 14.6 Å². The number of thiazole rings is 1. The topological polar surface area (TPSA) is 56.7 Å². The van der Waals surface area contributed by atoms with E-state index in [0.29, 0.717) is 12.5 Å². The van der Waals surface area contributed by atoms with Crippen LogP contribution in [0.3, 0.4) is 0 Å². The standard InChI is InChI=1S/C12H19N3O2S/c1-3-15(9(2)17)12-13-11(8-18-12)6-14-4-10(5-14)7-16/h8,10,16H,3-7H2,1-2H3. The number of hydrogen-bond acceptors (Lipinski definition) is 5. The van der Waals surface area contributed by atoms with E-state index in [1.165, 1.54) is 11.3 Å². The molecule has 1 aromatic heterocycles. The Kier molecular flexibility index (Phi) is 4.31. The molecule has 1 N–H and O–H groups in total. The Morgan fingerprint density at radius 2 is 2.39 bits per heavy atom. The number of likely N-dealkylation sites (tertiary alicyclic amines) is 1. The number of nitrogens with zero attached hydrogens (tertiary/aromatic N) is 3. The number of aliphatic hydroxyl groups excluding tert-OH is 1. The minimum absolute atomic E-state index is 0.0303. The Labute approximate surface area is 111 Å². The van der Waals surface area contributed by atoms with Gasteiger partial charge < -0.3 is 5.11 Å². The SMILES string of the molecule is CCN(C(C)=O)c1nc(CN2CC(CO)C2)cs1. The van der Waals surface area contributed by atoms with Crippen LogP contribution in [-0.2, 0) is 11.3 Å². The molecule has 2 heterocycles. The lowest BCUT2D eigenvalue weighted by atomic mass is 10.0. The number of carbonyl (C=O) groups excluding carboxylic acids is 1. The minimum atomic E-state index is 0.0303.